The number of nitrogens with zero attached hydrogens (tertiary/aromatic N) is 2. The van der Waals surface area contributed by atoms with Crippen molar-refractivity contribution in [1.82, 2.24) is 0 Å². The van der Waals surface area contributed by atoms with E-state index in [-0.39, 0.29) is 22.9 Å². The number of nitro groups is 1. The van der Waals surface area contributed by atoms with Gasteiger partial charge < -0.3 is 14.8 Å². The first-order chi connectivity index (χ1) is 16.3. The summed E-state index contributed by atoms with van der Waals surface area (Å²) in [6, 6.07) is 17.8. The molecule has 3 aromatic carbocycles. The quantitative estimate of drug-likeness (QED) is 0.158. The monoisotopic (exact) mass is 541 g/mol. The summed E-state index contributed by atoms with van der Waals surface area (Å²) >= 11 is 9.76. The topological polar surface area (TPSA) is 114 Å². The van der Waals surface area contributed by atoms with Gasteiger partial charge in [0, 0.05) is 17.8 Å². The molecule has 3 aromatic rings. The molecule has 0 saturated carbocycles. The smallest absolute Gasteiger partial charge is 0.269 e. The average molecular weight is 543 g/mol. The molecule has 0 aliphatic heterocycles. The number of non-ortho nitro benzene ring substituents is 1. The van der Waals surface area contributed by atoms with E-state index in [1.54, 1.807) is 55.6 Å². The van der Waals surface area contributed by atoms with Gasteiger partial charge in [0.1, 0.15) is 24.0 Å². The number of benzene rings is 3. The van der Waals surface area contributed by atoms with Crippen molar-refractivity contribution >= 4 is 50.9 Å². The molecule has 10 heteroatoms. The Bertz CT molecular complexity index is 1260. The van der Waals surface area contributed by atoms with E-state index in [0.717, 1.165) is 5.56 Å². The van der Waals surface area contributed by atoms with Gasteiger partial charge in [0.2, 0.25) is 0 Å². The van der Waals surface area contributed by atoms with E-state index in [1.165, 1.54) is 18.2 Å². The van der Waals surface area contributed by atoms with Crippen molar-refractivity contribution in [1.29, 1.82) is 5.26 Å². The lowest BCUT2D eigenvalue weighted by Crippen LogP contribution is -2.13. The van der Waals surface area contributed by atoms with E-state index in [9.17, 15) is 20.2 Å². The number of carbonyl (C=O) groups excluding carboxylic acids is 1. The molecule has 8 nitrogen and oxygen atoms in total. The summed E-state index contributed by atoms with van der Waals surface area (Å²) in [5.74, 6) is 0.432. The van der Waals surface area contributed by atoms with Crippen molar-refractivity contribution in [3.8, 4) is 17.6 Å². The maximum absolute atomic E-state index is 12.5. The van der Waals surface area contributed by atoms with Gasteiger partial charge in [-0.2, -0.15) is 5.26 Å². The van der Waals surface area contributed by atoms with E-state index < -0.39 is 10.8 Å². The lowest BCUT2D eigenvalue weighted by Gasteiger charge is -2.11. The molecule has 0 spiro atoms. The zero-order valence-electron chi connectivity index (χ0n) is 17.7. The zero-order chi connectivity index (χ0) is 24.7. The maximum atomic E-state index is 12.5. The molecular weight excluding hydrogens is 526 g/mol. The van der Waals surface area contributed by atoms with Crippen LogP contribution in [0.5, 0.6) is 11.5 Å². The number of hydrogen-bond acceptors (Lipinski definition) is 6. The first kappa shape index (κ1) is 24.8. The molecular formula is C24H17BrClN3O5. The number of halogens is 2. The molecule has 0 unspecified atom stereocenters. The number of nitriles is 1. The lowest BCUT2D eigenvalue weighted by atomic mass is 10.1. The lowest BCUT2D eigenvalue weighted by molar-refractivity contribution is -0.384. The van der Waals surface area contributed by atoms with Crippen LogP contribution in [0, 0.1) is 21.4 Å². The molecule has 0 atom stereocenters. The van der Waals surface area contributed by atoms with Crippen molar-refractivity contribution in [3.63, 3.8) is 0 Å². The molecule has 172 valence electrons. The van der Waals surface area contributed by atoms with Crippen molar-refractivity contribution in [2.24, 2.45) is 0 Å². The third-order valence-electron chi connectivity index (χ3n) is 4.57. The van der Waals surface area contributed by atoms with Gasteiger partial charge in [0.25, 0.3) is 11.6 Å². The van der Waals surface area contributed by atoms with Crippen molar-refractivity contribution in [3.05, 3.63) is 97.0 Å². The number of anilines is 1. The van der Waals surface area contributed by atoms with Gasteiger partial charge in [-0.25, -0.2) is 0 Å². The van der Waals surface area contributed by atoms with Crippen LogP contribution in [0.4, 0.5) is 11.4 Å². The highest BCUT2D eigenvalue weighted by molar-refractivity contribution is 9.10. The summed E-state index contributed by atoms with van der Waals surface area (Å²) in [4.78, 5) is 22.8. The summed E-state index contributed by atoms with van der Waals surface area (Å²) in [7, 11) is 1.54. The Kier molecular flexibility index (Phi) is 8.24. The van der Waals surface area contributed by atoms with Crippen LogP contribution in [0.25, 0.3) is 6.08 Å². The summed E-state index contributed by atoms with van der Waals surface area (Å²) in [5.41, 5.74) is 1.63. The summed E-state index contributed by atoms with van der Waals surface area (Å²) in [5, 5.41) is 23.1. The van der Waals surface area contributed by atoms with E-state index in [0.29, 0.717) is 27.2 Å². The van der Waals surface area contributed by atoms with Crippen LogP contribution in [-0.4, -0.2) is 17.9 Å². The summed E-state index contributed by atoms with van der Waals surface area (Å²) < 4.78 is 11.4. The van der Waals surface area contributed by atoms with Gasteiger partial charge in [0.15, 0.2) is 5.75 Å². The van der Waals surface area contributed by atoms with Crippen LogP contribution < -0.4 is 14.8 Å². The highest BCUT2D eigenvalue weighted by Gasteiger charge is 2.13. The fourth-order valence-corrected chi connectivity index (χ4v) is 3.85. The summed E-state index contributed by atoms with van der Waals surface area (Å²) in [6.45, 7) is 0.138. The van der Waals surface area contributed by atoms with Crippen LogP contribution in [0.3, 0.4) is 0 Å². The van der Waals surface area contributed by atoms with Crippen LogP contribution >= 0.6 is 27.5 Å². The molecule has 34 heavy (non-hydrogen) atoms. The van der Waals surface area contributed by atoms with Gasteiger partial charge in [-0.15, -0.1) is 0 Å². The maximum Gasteiger partial charge on any atom is 0.269 e. The Hall–Kier alpha value is -3.87. The first-order valence-corrected chi connectivity index (χ1v) is 10.9. The minimum atomic E-state index is -0.571. The van der Waals surface area contributed by atoms with Crippen molar-refractivity contribution in [2.45, 2.75) is 6.61 Å². The predicted octanol–water partition coefficient (Wildman–Crippen LogP) is 6.14. The van der Waals surface area contributed by atoms with E-state index in [1.807, 2.05) is 6.07 Å². The fourth-order valence-electron chi connectivity index (χ4n) is 2.86. The zero-order valence-corrected chi connectivity index (χ0v) is 20.1. The second-order valence-electron chi connectivity index (χ2n) is 6.88. The minimum Gasteiger partial charge on any atom is -0.497 e. The number of ether oxygens (including phenoxy) is 2. The van der Waals surface area contributed by atoms with Gasteiger partial charge in [0.05, 0.1) is 21.5 Å². The molecule has 0 bridgehead atoms. The number of methoxy groups -OCH3 is 1. The Morgan fingerprint density at radius 1 is 1.21 bits per heavy atom. The van der Waals surface area contributed by atoms with Gasteiger partial charge in [-0.05, 0) is 81.7 Å². The summed E-state index contributed by atoms with van der Waals surface area (Å²) in [6.07, 6.45) is 1.41. The van der Waals surface area contributed by atoms with Gasteiger partial charge in [-0.1, -0.05) is 11.6 Å². The van der Waals surface area contributed by atoms with Crippen molar-refractivity contribution < 1.29 is 19.2 Å². The number of carbonyl (C=O) groups is 1. The molecule has 0 radical (unpaired) electrons. The largest absolute Gasteiger partial charge is 0.497 e. The number of hydrogen-bond donors (Lipinski definition) is 1. The third-order valence-corrected chi connectivity index (χ3v) is 5.44. The molecule has 0 saturated heterocycles. The Balaban J connectivity index is 1.73. The number of amides is 1. The second-order valence-corrected chi connectivity index (χ2v) is 8.14. The molecule has 0 aromatic heterocycles. The van der Waals surface area contributed by atoms with Crippen LogP contribution in [0.15, 0.2) is 70.7 Å². The van der Waals surface area contributed by atoms with Crippen LogP contribution in [0.1, 0.15) is 11.1 Å². The van der Waals surface area contributed by atoms with Crippen LogP contribution in [-0.2, 0) is 11.4 Å². The minimum absolute atomic E-state index is 0.0107. The normalized spacial score (nSPS) is 10.8. The van der Waals surface area contributed by atoms with Crippen LogP contribution in [0.2, 0.25) is 5.02 Å². The molecule has 0 aliphatic carbocycles. The third kappa shape index (κ3) is 6.34. The number of rotatable bonds is 8. The Morgan fingerprint density at radius 2 is 1.88 bits per heavy atom. The van der Waals surface area contributed by atoms with E-state index in [2.05, 4.69) is 21.2 Å². The van der Waals surface area contributed by atoms with E-state index in [4.69, 9.17) is 21.1 Å². The first-order valence-electron chi connectivity index (χ1n) is 9.73. The molecule has 0 heterocycles. The molecule has 1 N–H and O–H groups in total. The van der Waals surface area contributed by atoms with Gasteiger partial charge >= 0.3 is 0 Å². The predicted molar refractivity (Wildman–Crippen MR) is 132 cm³/mol. The second kappa shape index (κ2) is 11.3. The Morgan fingerprint density at radius 3 is 2.44 bits per heavy atom. The number of nitrogens with one attached hydrogen (secondary N) is 1. The average Bonchev–Trinajstić information content (AvgIpc) is 2.82. The highest BCUT2D eigenvalue weighted by atomic mass is 79.9. The Labute approximate surface area is 208 Å². The van der Waals surface area contributed by atoms with Crippen molar-refractivity contribution in [2.75, 3.05) is 12.4 Å². The number of nitro benzene ring substituents is 1. The fraction of sp³-hybridized carbons (Fsp3) is 0.0833. The molecule has 0 aliphatic rings. The SMILES string of the molecule is COc1ccc(NC(=O)/C(C#N)=C\c2cc(Cl)c(OCc3ccc([N+](=O)[O-])cc3)c(Br)c2)cc1. The van der Waals surface area contributed by atoms with E-state index >= 15 is 0 Å². The van der Waals surface area contributed by atoms with Gasteiger partial charge in [-0.3, -0.25) is 14.9 Å². The standard InChI is InChI=1S/C24H17BrClN3O5/c1-33-20-8-4-18(5-9-20)28-24(30)17(13-27)10-16-11-21(25)23(22(26)12-16)34-14-15-2-6-19(7-3-15)29(31)32/h2-12H,14H2,1H3,(H,28,30)/b17-10-. The molecule has 1 amide bonds. The highest BCUT2D eigenvalue weighted by Crippen LogP contribution is 2.36. The molecule has 0 fully saturated rings. The molecule has 3 rings (SSSR count).